The van der Waals surface area contributed by atoms with E-state index in [1.165, 1.54) is 57.8 Å². The van der Waals surface area contributed by atoms with Gasteiger partial charge >= 0.3 is 0 Å². The fourth-order valence-corrected chi connectivity index (χ4v) is 9.47. The van der Waals surface area contributed by atoms with E-state index in [0.717, 1.165) is 54.9 Å². The fraction of sp³-hybridized carbons (Fsp3) is 0.767. The summed E-state index contributed by atoms with van der Waals surface area (Å²) in [5.74, 6) is 4.54. The second-order valence-electron chi connectivity index (χ2n) is 12.1. The maximum absolute atomic E-state index is 13.4. The predicted octanol–water partition coefficient (Wildman–Crippen LogP) is 7.33. The van der Waals surface area contributed by atoms with Crippen LogP contribution in [0.2, 0.25) is 0 Å². The minimum Gasteiger partial charge on any atom is -0.381 e. The summed E-state index contributed by atoms with van der Waals surface area (Å²) in [6, 6.07) is 10.0. The average molecular weight is 452 g/mol. The monoisotopic (exact) mass is 451 g/mol. The number of hydrogen-bond donors (Lipinski definition) is 1. The van der Waals surface area contributed by atoms with Gasteiger partial charge in [0.2, 0.25) is 5.91 Å². The molecule has 5 rings (SSSR count). The molecule has 8 atom stereocenters. The summed E-state index contributed by atoms with van der Waals surface area (Å²) >= 11 is 0. The molecule has 0 aromatic heterocycles. The molecule has 8 unspecified atom stereocenters. The average Bonchev–Trinajstić information content (AvgIpc) is 3.20. The van der Waals surface area contributed by atoms with E-state index >= 15 is 0 Å². The molecule has 0 spiro atoms. The quantitative estimate of drug-likeness (QED) is 0.492. The van der Waals surface area contributed by atoms with Crippen LogP contribution in [0.5, 0.6) is 0 Å². The van der Waals surface area contributed by atoms with E-state index in [1.807, 2.05) is 30.3 Å². The Bertz CT molecular complexity index is 824. The molecule has 4 aliphatic carbocycles. The van der Waals surface area contributed by atoms with Crippen LogP contribution >= 0.6 is 0 Å². The van der Waals surface area contributed by atoms with E-state index < -0.39 is 0 Å². The molecular weight excluding hydrogens is 406 g/mol. The van der Waals surface area contributed by atoms with Crippen LogP contribution in [0.1, 0.15) is 85.0 Å². The normalized spacial score (nSPS) is 42.2. The van der Waals surface area contributed by atoms with Crippen LogP contribution < -0.4 is 5.32 Å². The highest BCUT2D eigenvalue weighted by Crippen LogP contribution is 2.68. The lowest BCUT2D eigenvalue weighted by atomic mass is 9.43. The minimum atomic E-state index is 0.167. The molecule has 4 fully saturated rings. The van der Waals surface area contributed by atoms with Gasteiger partial charge in [0.15, 0.2) is 0 Å². The van der Waals surface area contributed by atoms with E-state index in [0.29, 0.717) is 5.41 Å². The number of carbonyl (C=O) groups is 1. The van der Waals surface area contributed by atoms with Crippen molar-refractivity contribution in [3.8, 4) is 0 Å². The summed E-state index contributed by atoms with van der Waals surface area (Å²) in [4.78, 5) is 13.4. The highest BCUT2D eigenvalue weighted by Gasteiger charge is 2.61. The van der Waals surface area contributed by atoms with Crippen molar-refractivity contribution in [1.29, 1.82) is 0 Å². The number of amides is 1. The van der Waals surface area contributed by atoms with Crippen molar-refractivity contribution >= 4 is 11.6 Å². The molecule has 1 N–H and O–H groups in total. The van der Waals surface area contributed by atoms with Crippen molar-refractivity contribution in [2.75, 3.05) is 18.5 Å². The van der Waals surface area contributed by atoms with E-state index in [-0.39, 0.29) is 17.2 Å². The molecule has 0 heterocycles. The number of ether oxygens (including phenoxy) is 1. The second kappa shape index (κ2) is 9.36. The topological polar surface area (TPSA) is 38.3 Å². The highest BCUT2D eigenvalue weighted by molar-refractivity contribution is 5.93. The van der Waals surface area contributed by atoms with Crippen LogP contribution in [-0.2, 0) is 9.53 Å². The molecule has 0 saturated heterocycles. The Labute approximate surface area is 201 Å². The van der Waals surface area contributed by atoms with Gasteiger partial charge in [-0.25, -0.2) is 0 Å². The number of rotatable bonds is 6. The molecule has 4 aliphatic rings. The van der Waals surface area contributed by atoms with E-state index in [9.17, 15) is 4.79 Å². The van der Waals surface area contributed by atoms with Crippen molar-refractivity contribution in [3.63, 3.8) is 0 Å². The van der Waals surface area contributed by atoms with E-state index in [1.54, 1.807) is 0 Å². The van der Waals surface area contributed by atoms with Crippen molar-refractivity contribution in [3.05, 3.63) is 30.3 Å². The summed E-state index contributed by atoms with van der Waals surface area (Å²) in [6.07, 6.45) is 13.2. The smallest absolute Gasteiger partial charge is 0.228 e. The van der Waals surface area contributed by atoms with Gasteiger partial charge in [-0.15, -0.1) is 0 Å². The molecule has 0 radical (unpaired) electrons. The summed E-state index contributed by atoms with van der Waals surface area (Å²) in [6.45, 7) is 8.90. The first kappa shape index (κ1) is 23.4. The Balaban J connectivity index is 1.31. The van der Waals surface area contributed by atoms with E-state index in [4.69, 9.17) is 4.74 Å². The van der Waals surface area contributed by atoms with E-state index in [2.05, 4.69) is 26.1 Å². The maximum Gasteiger partial charge on any atom is 0.228 e. The third kappa shape index (κ3) is 3.97. The van der Waals surface area contributed by atoms with Crippen molar-refractivity contribution in [2.45, 2.75) is 85.0 Å². The van der Waals surface area contributed by atoms with Gasteiger partial charge in [0.25, 0.3) is 0 Å². The predicted molar refractivity (Wildman–Crippen MR) is 135 cm³/mol. The van der Waals surface area contributed by atoms with Gasteiger partial charge in [-0.1, -0.05) is 32.0 Å². The molecular formula is C30H45NO2. The standard InChI is InChI=1S/C30H45NO2/c1-4-30-18-15-21(20-33-5-2)19-22(30)11-12-24-25-13-14-27(29(25,3)17-16-26(24)30)28(32)31-23-9-7-6-8-10-23/h6-10,21-22,24-27H,4-5,11-20H2,1-3H3,(H,31,32). The van der Waals surface area contributed by atoms with Gasteiger partial charge in [0, 0.05) is 24.8 Å². The summed E-state index contributed by atoms with van der Waals surface area (Å²) < 4.78 is 5.83. The summed E-state index contributed by atoms with van der Waals surface area (Å²) in [7, 11) is 0. The number of benzene rings is 1. The zero-order chi connectivity index (χ0) is 23.1. The van der Waals surface area contributed by atoms with Crippen molar-refractivity contribution in [1.82, 2.24) is 0 Å². The van der Waals surface area contributed by atoms with Gasteiger partial charge in [-0.3, -0.25) is 4.79 Å². The Morgan fingerprint density at radius 3 is 2.58 bits per heavy atom. The van der Waals surface area contributed by atoms with Crippen molar-refractivity contribution < 1.29 is 9.53 Å². The zero-order valence-electron chi connectivity index (χ0n) is 21.2. The molecule has 3 heteroatoms. The first-order valence-electron chi connectivity index (χ1n) is 14.0. The molecule has 0 aliphatic heterocycles. The molecule has 4 saturated carbocycles. The highest BCUT2D eigenvalue weighted by atomic mass is 16.5. The Hall–Kier alpha value is -1.35. The molecule has 0 bridgehead atoms. The van der Waals surface area contributed by atoms with Crippen LogP contribution in [0.25, 0.3) is 0 Å². The Kier molecular flexibility index (Phi) is 6.64. The minimum absolute atomic E-state index is 0.167. The van der Waals surface area contributed by atoms with Crippen molar-refractivity contribution in [2.24, 2.45) is 46.3 Å². The molecule has 1 amide bonds. The van der Waals surface area contributed by atoms with Gasteiger partial charge in [0.1, 0.15) is 0 Å². The first-order chi connectivity index (χ1) is 16.0. The van der Waals surface area contributed by atoms with Gasteiger partial charge in [-0.2, -0.15) is 0 Å². The number of nitrogens with one attached hydrogen (secondary N) is 1. The van der Waals surface area contributed by atoms with Gasteiger partial charge < -0.3 is 10.1 Å². The number of para-hydroxylation sites is 1. The second-order valence-corrected chi connectivity index (χ2v) is 12.1. The van der Waals surface area contributed by atoms with Crippen LogP contribution in [0.3, 0.4) is 0 Å². The van der Waals surface area contributed by atoms with Gasteiger partial charge in [-0.05, 0) is 124 Å². The number of hydrogen-bond acceptors (Lipinski definition) is 2. The SMILES string of the molecule is CCOCC1CCC2(CC)C(CCC3C4CCC(C(=O)Nc5ccccc5)C4(C)CCC32)C1. The van der Waals surface area contributed by atoms with Crippen LogP contribution in [-0.4, -0.2) is 19.1 Å². The third-order valence-corrected chi connectivity index (χ3v) is 11.0. The largest absolute Gasteiger partial charge is 0.381 e. The summed E-state index contributed by atoms with van der Waals surface area (Å²) in [5, 5.41) is 3.25. The Morgan fingerprint density at radius 1 is 1.00 bits per heavy atom. The lowest BCUT2D eigenvalue weighted by Crippen LogP contribution is -2.55. The maximum atomic E-state index is 13.4. The van der Waals surface area contributed by atoms with Crippen LogP contribution in [0.4, 0.5) is 5.69 Å². The fourth-order valence-electron chi connectivity index (χ4n) is 9.47. The molecule has 1 aromatic carbocycles. The number of fused-ring (bicyclic) bond motifs is 5. The zero-order valence-corrected chi connectivity index (χ0v) is 21.2. The number of anilines is 1. The third-order valence-electron chi connectivity index (χ3n) is 11.0. The summed E-state index contributed by atoms with van der Waals surface area (Å²) in [5.41, 5.74) is 1.67. The Morgan fingerprint density at radius 2 is 1.82 bits per heavy atom. The van der Waals surface area contributed by atoms with Crippen LogP contribution in [0, 0.1) is 46.3 Å². The molecule has 1 aromatic rings. The molecule has 182 valence electrons. The molecule has 33 heavy (non-hydrogen) atoms. The lowest BCUT2D eigenvalue weighted by molar-refractivity contribution is -0.141. The first-order valence-corrected chi connectivity index (χ1v) is 14.0. The number of carbonyl (C=O) groups excluding carboxylic acids is 1. The molecule has 3 nitrogen and oxygen atoms in total. The lowest BCUT2D eigenvalue weighted by Gasteiger charge is -2.62. The van der Waals surface area contributed by atoms with Gasteiger partial charge in [0.05, 0.1) is 0 Å². The van der Waals surface area contributed by atoms with Crippen LogP contribution in [0.15, 0.2) is 30.3 Å².